The van der Waals surface area contributed by atoms with Crippen molar-refractivity contribution in [1.82, 2.24) is 0 Å². The van der Waals surface area contributed by atoms with Gasteiger partial charge in [0.15, 0.2) is 0 Å². The van der Waals surface area contributed by atoms with Crippen molar-refractivity contribution in [3.05, 3.63) is 17.1 Å². The van der Waals surface area contributed by atoms with E-state index in [0.29, 0.717) is 6.54 Å². The van der Waals surface area contributed by atoms with E-state index in [-0.39, 0.29) is 0 Å². The molecule has 0 radical (unpaired) electrons. The van der Waals surface area contributed by atoms with Gasteiger partial charge in [0.1, 0.15) is 0 Å². The SMILES string of the molecule is CCCCC/C=C\CCCN=O. The number of nitrogens with zero attached hydrogens (tertiary/aromatic N) is 1. The second-order valence-corrected chi connectivity index (χ2v) is 2.96. The molecule has 0 atom stereocenters. The number of nitroso groups, excluding NO2 is 1. The van der Waals surface area contributed by atoms with Gasteiger partial charge in [0, 0.05) is 0 Å². The molecule has 0 aromatic heterocycles. The molecule has 12 heavy (non-hydrogen) atoms. The number of rotatable bonds is 8. The normalized spacial score (nSPS) is 10.8. The van der Waals surface area contributed by atoms with E-state index in [1.54, 1.807) is 0 Å². The molecule has 0 fully saturated rings. The molecule has 0 aliphatic rings. The first-order valence-electron chi connectivity index (χ1n) is 4.86. The Kier molecular flexibility index (Phi) is 9.77. The second-order valence-electron chi connectivity index (χ2n) is 2.96. The molecule has 0 aliphatic heterocycles. The number of allylic oxidation sites excluding steroid dienone is 2. The lowest BCUT2D eigenvalue weighted by molar-refractivity contribution is 0.727. The van der Waals surface area contributed by atoms with Crippen LogP contribution in [0.4, 0.5) is 0 Å². The highest BCUT2D eigenvalue weighted by Crippen LogP contribution is 2.00. The van der Waals surface area contributed by atoms with Crippen molar-refractivity contribution in [3.8, 4) is 0 Å². The van der Waals surface area contributed by atoms with E-state index in [2.05, 4.69) is 24.3 Å². The van der Waals surface area contributed by atoms with Crippen LogP contribution < -0.4 is 0 Å². The van der Waals surface area contributed by atoms with Gasteiger partial charge in [-0.15, -0.1) is 0 Å². The van der Waals surface area contributed by atoms with Crippen LogP contribution in [0.3, 0.4) is 0 Å². The molecular weight excluding hydrogens is 150 g/mol. The average molecular weight is 169 g/mol. The monoisotopic (exact) mass is 169 g/mol. The summed E-state index contributed by atoms with van der Waals surface area (Å²) < 4.78 is 0. The minimum atomic E-state index is 0.458. The molecule has 70 valence electrons. The molecule has 0 aromatic carbocycles. The quantitative estimate of drug-likeness (QED) is 0.309. The van der Waals surface area contributed by atoms with E-state index in [1.807, 2.05) is 0 Å². The summed E-state index contributed by atoms with van der Waals surface area (Å²) in [6.07, 6.45) is 11.3. The first-order valence-corrected chi connectivity index (χ1v) is 4.86. The Morgan fingerprint density at radius 1 is 1.08 bits per heavy atom. The molecule has 2 heteroatoms. The Morgan fingerprint density at radius 3 is 2.33 bits per heavy atom. The molecule has 0 unspecified atom stereocenters. The van der Waals surface area contributed by atoms with Crippen LogP contribution in [0, 0.1) is 4.91 Å². The van der Waals surface area contributed by atoms with Crippen molar-refractivity contribution >= 4 is 0 Å². The minimum Gasteiger partial charge on any atom is -0.151 e. The fraction of sp³-hybridized carbons (Fsp3) is 0.800. The van der Waals surface area contributed by atoms with Crippen LogP contribution in [-0.4, -0.2) is 6.54 Å². The lowest BCUT2D eigenvalue weighted by Gasteiger charge is -1.91. The van der Waals surface area contributed by atoms with Crippen LogP contribution in [0.1, 0.15) is 45.4 Å². The maximum absolute atomic E-state index is 9.70. The highest BCUT2D eigenvalue weighted by molar-refractivity contribution is 4.81. The van der Waals surface area contributed by atoms with Crippen molar-refractivity contribution < 1.29 is 0 Å². The number of hydrogen-bond acceptors (Lipinski definition) is 2. The van der Waals surface area contributed by atoms with Crippen LogP contribution in [0.25, 0.3) is 0 Å². The maximum Gasteiger partial charge on any atom is 0.0814 e. The summed E-state index contributed by atoms with van der Waals surface area (Å²) in [7, 11) is 0. The van der Waals surface area contributed by atoms with Crippen molar-refractivity contribution in [2.45, 2.75) is 45.4 Å². The lowest BCUT2D eigenvalue weighted by atomic mass is 10.2. The van der Waals surface area contributed by atoms with Gasteiger partial charge in [-0.25, -0.2) is 0 Å². The van der Waals surface area contributed by atoms with Gasteiger partial charge in [0.2, 0.25) is 0 Å². The zero-order valence-electron chi connectivity index (χ0n) is 7.96. The molecule has 0 aliphatic carbocycles. The third-order valence-electron chi connectivity index (χ3n) is 1.76. The highest BCUT2D eigenvalue weighted by Gasteiger charge is 1.83. The van der Waals surface area contributed by atoms with Crippen LogP contribution >= 0.6 is 0 Å². The standard InChI is InChI=1S/C10H19NO/c1-2-3-4-5-6-7-8-9-10-11-12/h6-7H,2-5,8-10H2,1H3/b7-6-. The van der Waals surface area contributed by atoms with Crippen molar-refractivity contribution in [2.75, 3.05) is 6.54 Å². The predicted molar refractivity (Wildman–Crippen MR) is 53.2 cm³/mol. The minimum absolute atomic E-state index is 0.458. The Morgan fingerprint density at radius 2 is 1.75 bits per heavy atom. The van der Waals surface area contributed by atoms with Gasteiger partial charge in [0.05, 0.1) is 6.54 Å². The molecule has 0 N–H and O–H groups in total. The second kappa shape index (κ2) is 10.3. The highest BCUT2D eigenvalue weighted by atomic mass is 16.3. The van der Waals surface area contributed by atoms with E-state index in [9.17, 15) is 4.91 Å². The summed E-state index contributed by atoms with van der Waals surface area (Å²) in [6.45, 7) is 2.67. The van der Waals surface area contributed by atoms with Crippen LogP contribution in [0.15, 0.2) is 17.3 Å². The summed E-state index contributed by atoms with van der Waals surface area (Å²) >= 11 is 0. The lowest BCUT2D eigenvalue weighted by Crippen LogP contribution is -1.76. The van der Waals surface area contributed by atoms with E-state index < -0.39 is 0 Å². The van der Waals surface area contributed by atoms with E-state index >= 15 is 0 Å². The fourth-order valence-corrected chi connectivity index (χ4v) is 1.02. The molecule has 0 aromatic rings. The third kappa shape index (κ3) is 9.34. The first kappa shape index (κ1) is 11.3. The Hall–Kier alpha value is -0.660. The molecule has 0 spiro atoms. The molecule has 0 heterocycles. The maximum atomic E-state index is 9.70. The van der Waals surface area contributed by atoms with E-state index in [1.165, 1.54) is 25.7 Å². The number of hydrogen-bond donors (Lipinski definition) is 0. The summed E-state index contributed by atoms with van der Waals surface area (Å²) in [5.74, 6) is 0. The topological polar surface area (TPSA) is 29.4 Å². The molecule has 0 bridgehead atoms. The van der Waals surface area contributed by atoms with Gasteiger partial charge < -0.3 is 0 Å². The Bertz CT molecular complexity index is 121. The van der Waals surface area contributed by atoms with Gasteiger partial charge in [-0.1, -0.05) is 37.1 Å². The van der Waals surface area contributed by atoms with E-state index in [4.69, 9.17) is 0 Å². The molecule has 0 rings (SSSR count). The van der Waals surface area contributed by atoms with Crippen molar-refractivity contribution in [3.63, 3.8) is 0 Å². The largest absolute Gasteiger partial charge is 0.151 e. The third-order valence-corrected chi connectivity index (χ3v) is 1.76. The first-order chi connectivity index (χ1) is 5.91. The summed E-state index contributed by atoms with van der Waals surface area (Å²) in [5, 5.41) is 2.80. The molecular formula is C10H19NO. The molecule has 0 saturated carbocycles. The molecule has 0 saturated heterocycles. The van der Waals surface area contributed by atoms with Gasteiger partial charge in [-0.05, 0) is 25.7 Å². The molecule has 0 amide bonds. The van der Waals surface area contributed by atoms with Crippen LogP contribution in [0.2, 0.25) is 0 Å². The summed E-state index contributed by atoms with van der Waals surface area (Å²) in [4.78, 5) is 9.70. The smallest absolute Gasteiger partial charge is 0.0814 e. The number of unbranched alkanes of at least 4 members (excludes halogenated alkanes) is 4. The van der Waals surface area contributed by atoms with E-state index in [0.717, 1.165) is 12.8 Å². The Balaban J connectivity index is 2.98. The summed E-state index contributed by atoms with van der Waals surface area (Å²) in [6, 6.07) is 0. The van der Waals surface area contributed by atoms with Gasteiger partial charge >= 0.3 is 0 Å². The predicted octanol–water partition coefficient (Wildman–Crippen LogP) is 3.67. The fourth-order valence-electron chi connectivity index (χ4n) is 1.02. The molecule has 2 nitrogen and oxygen atoms in total. The summed E-state index contributed by atoms with van der Waals surface area (Å²) in [5.41, 5.74) is 0. The van der Waals surface area contributed by atoms with Gasteiger partial charge in [-0.2, -0.15) is 4.91 Å². The average Bonchev–Trinajstić information content (AvgIpc) is 2.10. The van der Waals surface area contributed by atoms with Crippen molar-refractivity contribution in [1.29, 1.82) is 0 Å². The van der Waals surface area contributed by atoms with Gasteiger partial charge in [0.25, 0.3) is 0 Å². The zero-order valence-corrected chi connectivity index (χ0v) is 7.96. The van der Waals surface area contributed by atoms with Crippen LogP contribution in [0.5, 0.6) is 0 Å². The van der Waals surface area contributed by atoms with Crippen LogP contribution in [-0.2, 0) is 0 Å². The van der Waals surface area contributed by atoms with Gasteiger partial charge in [-0.3, -0.25) is 0 Å². The zero-order chi connectivity index (χ0) is 9.07. The van der Waals surface area contributed by atoms with Crippen molar-refractivity contribution in [2.24, 2.45) is 5.18 Å². The Labute approximate surface area is 75.0 Å².